The minimum atomic E-state index is -1.58. The third-order valence-corrected chi connectivity index (χ3v) is 13.6. The fourth-order valence-electron chi connectivity index (χ4n) is 9.02. The zero-order valence-corrected chi connectivity index (χ0v) is 34.1. The highest BCUT2D eigenvalue weighted by Gasteiger charge is 2.39. The van der Waals surface area contributed by atoms with Gasteiger partial charge in [0.2, 0.25) is 11.8 Å². The standard InChI is InChI=1S/C45H47BN6O7S/c53-35-11-13-37-39(27-35)60-43(30-2-6-32(7-3-30)46(58)59)41(37)42(55)29-4-8-33(9-5-29)50-22-18-48(19-23-50)16-1-17-49-20-24-51(25-21-49)34-10-12-36-31(26-34)28-52(45(36)57)38-14-15-40(54)47-44(38)56/h2-13,26-27,38,53,58-59H,1,14-25,28H2,(H,47,54,56). The van der Waals surface area contributed by atoms with Crippen molar-refractivity contribution in [2.45, 2.75) is 31.8 Å². The summed E-state index contributed by atoms with van der Waals surface area (Å²) in [5, 5.41) is 32.4. The molecular weight excluding hydrogens is 779 g/mol. The van der Waals surface area contributed by atoms with E-state index in [0.29, 0.717) is 35.1 Å². The first kappa shape index (κ1) is 39.9. The molecule has 0 bridgehead atoms. The number of carbonyl (C=O) groups is 4. The highest BCUT2D eigenvalue weighted by atomic mass is 32.1. The number of piperazine rings is 2. The number of carbonyl (C=O) groups excluding carboxylic acids is 4. The Hall–Kier alpha value is -5.58. The molecule has 0 aliphatic carbocycles. The maximum atomic E-state index is 14.1. The van der Waals surface area contributed by atoms with Gasteiger partial charge in [-0.25, -0.2) is 0 Å². The van der Waals surface area contributed by atoms with Gasteiger partial charge in [-0.3, -0.25) is 34.3 Å². The second-order valence-electron chi connectivity index (χ2n) is 16.1. The molecule has 4 aliphatic rings. The average Bonchev–Trinajstić information content (AvgIpc) is 3.80. The van der Waals surface area contributed by atoms with E-state index < -0.39 is 13.2 Å². The summed E-state index contributed by atoms with van der Waals surface area (Å²) in [4.78, 5) is 63.5. The van der Waals surface area contributed by atoms with Crippen molar-refractivity contribution in [1.29, 1.82) is 0 Å². The van der Waals surface area contributed by atoms with E-state index in [9.17, 15) is 34.3 Å². The lowest BCUT2D eigenvalue weighted by Crippen LogP contribution is -2.52. The number of hydrogen-bond acceptors (Lipinski definition) is 12. The second kappa shape index (κ2) is 16.8. The van der Waals surface area contributed by atoms with Crippen LogP contribution in [-0.4, -0.2) is 132 Å². The van der Waals surface area contributed by atoms with Crippen molar-refractivity contribution in [2.24, 2.45) is 0 Å². The molecule has 4 N–H and O–H groups in total. The highest BCUT2D eigenvalue weighted by molar-refractivity contribution is 7.22. The zero-order chi connectivity index (χ0) is 41.5. The number of phenolic OH excluding ortho intramolecular Hbond substituents is 1. The molecule has 3 amide bonds. The molecular formula is C45H47BN6O7S. The summed E-state index contributed by atoms with van der Waals surface area (Å²) in [5.41, 5.74) is 6.06. The first-order valence-electron chi connectivity index (χ1n) is 20.7. The number of fused-ring (bicyclic) bond motifs is 2. The lowest BCUT2D eigenvalue weighted by molar-refractivity contribution is -0.136. The fraction of sp³-hybridized carbons (Fsp3) is 0.333. The number of nitrogens with one attached hydrogen (secondary N) is 1. The number of phenols is 1. The molecule has 0 saturated carbocycles. The van der Waals surface area contributed by atoms with Crippen molar-refractivity contribution < 1.29 is 34.3 Å². The summed E-state index contributed by atoms with van der Waals surface area (Å²) in [6.07, 6.45) is 1.71. The van der Waals surface area contributed by atoms with Crippen LogP contribution in [0.5, 0.6) is 5.75 Å². The molecule has 0 radical (unpaired) electrons. The first-order valence-corrected chi connectivity index (χ1v) is 21.5. The van der Waals surface area contributed by atoms with Crippen LogP contribution >= 0.6 is 11.3 Å². The number of thiophene rings is 1. The highest BCUT2D eigenvalue weighted by Crippen LogP contribution is 2.41. The second-order valence-corrected chi connectivity index (χ2v) is 17.2. The number of benzene rings is 4. The largest absolute Gasteiger partial charge is 0.508 e. The van der Waals surface area contributed by atoms with Gasteiger partial charge in [-0.2, -0.15) is 0 Å². The van der Waals surface area contributed by atoms with E-state index >= 15 is 0 Å². The van der Waals surface area contributed by atoms with E-state index in [4.69, 9.17) is 0 Å². The fourth-order valence-corrected chi connectivity index (χ4v) is 10.3. The number of hydrogen-bond donors (Lipinski definition) is 4. The predicted molar refractivity (Wildman–Crippen MR) is 233 cm³/mol. The van der Waals surface area contributed by atoms with Gasteiger partial charge in [0.15, 0.2) is 5.78 Å². The molecule has 1 atom stereocenters. The average molecular weight is 827 g/mol. The topological polar surface area (TPSA) is 157 Å². The summed E-state index contributed by atoms with van der Waals surface area (Å²) < 4.78 is 0.798. The number of imide groups is 1. The van der Waals surface area contributed by atoms with Crippen LogP contribution in [-0.2, 0) is 16.1 Å². The number of rotatable bonds is 11. The number of ketones is 1. The molecule has 1 unspecified atom stereocenters. The molecule has 1 aromatic heterocycles. The van der Waals surface area contributed by atoms with E-state index in [1.807, 2.05) is 36.4 Å². The predicted octanol–water partition coefficient (Wildman–Crippen LogP) is 3.28. The van der Waals surface area contributed by atoms with Crippen LogP contribution in [0.25, 0.3) is 20.5 Å². The Bertz CT molecular complexity index is 2440. The summed E-state index contributed by atoms with van der Waals surface area (Å²) >= 11 is 1.43. The van der Waals surface area contributed by atoms with Gasteiger partial charge >= 0.3 is 7.12 Å². The van der Waals surface area contributed by atoms with E-state index in [1.165, 1.54) is 11.3 Å². The van der Waals surface area contributed by atoms with Crippen LogP contribution < -0.4 is 20.6 Å². The molecule has 15 heteroatoms. The molecule has 5 aromatic rings. The van der Waals surface area contributed by atoms with E-state index in [0.717, 1.165) is 109 Å². The van der Waals surface area contributed by atoms with Gasteiger partial charge in [0.05, 0.1) is 0 Å². The van der Waals surface area contributed by atoms with E-state index in [-0.39, 0.29) is 35.7 Å². The van der Waals surface area contributed by atoms with Crippen LogP contribution in [0.2, 0.25) is 0 Å². The molecule has 5 heterocycles. The van der Waals surface area contributed by atoms with Crippen LogP contribution in [0.15, 0.2) is 84.9 Å². The normalized spacial score (nSPS) is 18.9. The summed E-state index contributed by atoms with van der Waals surface area (Å²) in [5.74, 6) is -0.790. The van der Waals surface area contributed by atoms with Crippen LogP contribution in [0.4, 0.5) is 11.4 Å². The van der Waals surface area contributed by atoms with Crippen molar-refractivity contribution >= 4 is 68.9 Å². The molecule has 4 aliphatic heterocycles. The Labute approximate surface area is 352 Å². The zero-order valence-electron chi connectivity index (χ0n) is 33.3. The summed E-state index contributed by atoms with van der Waals surface area (Å²) in [6, 6.07) is 25.1. The van der Waals surface area contributed by atoms with Gasteiger partial charge in [0.1, 0.15) is 11.8 Å². The van der Waals surface area contributed by atoms with Crippen LogP contribution in [0.3, 0.4) is 0 Å². The number of nitrogens with zero attached hydrogens (tertiary/aromatic N) is 5. The third-order valence-electron chi connectivity index (χ3n) is 12.4. The molecule has 308 valence electrons. The molecule has 13 nitrogen and oxygen atoms in total. The number of piperidine rings is 1. The maximum absolute atomic E-state index is 14.1. The van der Waals surface area contributed by atoms with Gasteiger partial charge < -0.3 is 29.9 Å². The van der Waals surface area contributed by atoms with Gasteiger partial charge in [0, 0.05) is 108 Å². The summed E-state index contributed by atoms with van der Waals surface area (Å²) in [7, 11) is -1.58. The van der Waals surface area contributed by atoms with E-state index in [2.05, 4.69) is 31.0 Å². The Morgan fingerprint density at radius 1 is 0.767 bits per heavy atom. The van der Waals surface area contributed by atoms with Crippen molar-refractivity contribution in [1.82, 2.24) is 20.0 Å². The van der Waals surface area contributed by atoms with Gasteiger partial charge in [-0.15, -0.1) is 11.3 Å². The summed E-state index contributed by atoms with van der Waals surface area (Å²) in [6.45, 7) is 10.00. The van der Waals surface area contributed by atoms with Crippen LogP contribution in [0.1, 0.15) is 51.1 Å². The van der Waals surface area contributed by atoms with Crippen molar-refractivity contribution in [3.8, 4) is 16.2 Å². The SMILES string of the molecule is O=C1CCC(N2Cc3cc(N4CCN(CCCN5CCN(c6ccc(C(=O)c7c(-c8ccc(B(O)O)cc8)sc8cc(O)ccc78)cc6)CC5)CC4)ccc3C2=O)C(=O)N1. The van der Waals surface area contributed by atoms with Crippen molar-refractivity contribution in [2.75, 3.05) is 75.2 Å². The monoisotopic (exact) mass is 826 g/mol. The Morgan fingerprint density at radius 2 is 1.42 bits per heavy atom. The Morgan fingerprint density at radius 3 is 2.07 bits per heavy atom. The minimum absolute atomic E-state index is 0.105. The van der Waals surface area contributed by atoms with Gasteiger partial charge in [0.25, 0.3) is 5.91 Å². The molecule has 0 spiro atoms. The van der Waals surface area contributed by atoms with E-state index in [1.54, 1.807) is 47.4 Å². The smallest absolute Gasteiger partial charge is 0.488 e. The maximum Gasteiger partial charge on any atom is 0.488 e. The van der Waals surface area contributed by atoms with Crippen molar-refractivity contribution in [3.05, 3.63) is 107 Å². The number of anilines is 2. The van der Waals surface area contributed by atoms with Crippen molar-refractivity contribution in [3.63, 3.8) is 0 Å². The first-order chi connectivity index (χ1) is 29.1. The molecule has 9 rings (SSSR count). The van der Waals surface area contributed by atoms with Crippen LogP contribution in [0, 0.1) is 0 Å². The van der Waals surface area contributed by atoms with Gasteiger partial charge in [-0.1, -0.05) is 24.3 Å². The number of amides is 3. The molecule has 3 fully saturated rings. The minimum Gasteiger partial charge on any atom is -0.508 e. The lowest BCUT2D eigenvalue weighted by Gasteiger charge is -2.38. The molecule has 60 heavy (non-hydrogen) atoms. The molecule has 4 aromatic carbocycles. The Kier molecular flexibility index (Phi) is 11.2. The Balaban J connectivity index is 0.742. The third kappa shape index (κ3) is 8.03. The quantitative estimate of drug-likeness (QED) is 0.0881. The lowest BCUT2D eigenvalue weighted by atomic mass is 9.80. The molecule has 3 saturated heterocycles. The number of aromatic hydroxyl groups is 1. The van der Waals surface area contributed by atoms with Gasteiger partial charge in [-0.05, 0) is 103 Å².